The van der Waals surface area contributed by atoms with Gasteiger partial charge in [0, 0.05) is 48.7 Å². The quantitative estimate of drug-likeness (QED) is 0.277. The summed E-state index contributed by atoms with van der Waals surface area (Å²) in [6.07, 6.45) is 12.0. The molecule has 3 N–H and O–H groups in total. The van der Waals surface area contributed by atoms with E-state index in [-0.39, 0.29) is 23.8 Å². The average Bonchev–Trinajstić information content (AvgIpc) is 3.36. The zero-order valence-electron chi connectivity index (χ0n) is 21.8. The molecule has 0 spiro atoms. The van der Waals surface area contributed by atoms with Gasteiger partial charge in [0.05, 0.1) is 25.0 Å². The molecule has 1 aliphatic heterocycles. The van der Waals surface area contributed by atoms with Crippen LogP contribution in [0.3, 0.4) is 0 Å². The molecule has 40 heavy (non-hydrogen) atoms. The first-order valence-electron chi connectivity index (χ1n) is 13.1. The van der Waals surface area contributed by atoms with Gasteiger partial charge in [-0.05, 0) is 54.7 Å². The van der Waals surface area contributed by atoms with E-state index in [0.717, 1.165) is 17.0 Å². The molecule has 202 valence electrons. The number of hydrazine groups is 2. The van der Waals surface area contributed by atoms with Gasteiger partial charge in [-0.3, -0.25) is 15.2 Å². The second-order valence-electron chi connectivity index (χ2n) is 10.0. The van der Waals surface area contributed by atoms with E-state index in [0.29, 0.717) is 29.4 Å². The lowest BCUT2D eigenvalue weighted by Gasteiger charge is -2.13. The summed E-state index contributed by atoms with van der Waals surface area (Å²) in [5.41, 5.74) is 11.4. The number of ether oxygens (including phenoxy) is 1. The third-order valence-corrected chi connectivity index (χ3v) is 7.26. The predicted octanol–water partition coefficient (Wildman–Crippen LogP) is 3.66. The van der Waals surface area contributed by atoms with Crippen molar-refractivity contribution in [3.63, 3.8) is 0 Å². The fourth-order valence-electron chi connectivity index (χ4n) is 5.02. The van der Waals surface area contributed by atoms with E-state index in [1.54, 1.807) is 23.3 Å². The molecular weight excluding hydrogens is 511 g/mol. The molecule has 0 bridgehead atoms. The summed E-state index contributed by atoms with van der Waals surface area (Å²) in [5.74, 6) is -0.159. The zero-order chi connectivity index (χ0) is 27.2. The van der Waals surface area contributed by atoms with Crippen molar-refractivity contribution in [1.29, 1.82) is 0 Å². The van der Waals surface area contributed by atoms with Crippen LogP contribution in [0, 0.1) is 5.82 Å². The number of nitrogens with zero attached hydrogens (tertiary/aromatic N) is 5. The third kappa shape index (κ3) is 4.50. The molecule has 1 amide bonds. The molecule has 2 aliphatic rings. The van der Waals surface area contributed by atoms with Crippen molar-refractivity contribution in [3.8, 4) is 17.0 Å². The molecule has 5 aromatic rings. The number of nitrogens with one attached hydrogen (secondary N) is 3. The van der Waals surface area contributed by atoms with Gasteiger partial charge in [-0.1, -0.05) is 12.1 Å². The number of halogens is 1. The standard InChI is InChI=1S/C29H27FN8O2/c1-40-25-9-8-21(23-16-36-11-3-2-4-26(36)33-23)22(28(25)30)12-31-29(39)24-17-38(35-34-24)15-20-14-37-13-19(18-5-6-18)7-10-27(37)32-20/h2-4,7-11,13-14,16-18,34-35H,5-6,12,15H2,1H3,(H,31,39). The van der Waals surface area contributed by atoms with Gasteiger partial charge >= 0.3 is 0 Å². The van der Waals surface area contributed by atoms with E-state index >= 15 is 4.39 Å². The topological polar surface area (TPSA) is 100 Å². The number of benzene rings is 1. The Labute approximate surface area is 229 Å². The summed E-state index contributed by atoms with van der Waals surface area (Å²) in [6.45, 7) is 0.395. The molecule has 1 saturated carbocycles. The highest BCUT2D eigenvalue weighted by molar-refractivity contribution is 5.93. The predicted molar refractivity (Wildman–Crippen MR) is 146 cm³/mol. The van der Waals surface area contributed by atoms with E-state index in [1.807, 2.05) is 51.7 Å². The zero-order valence-corrected chi connectivity index (χ0v) is 21.8. The normalized spacial score (nSPS) is 14.9. The Kier molecular flexibility index (Phi) is 5.85. The Bertz CT molecular complexity index is 1750. The molecule has 10 nitrogen and oxygen atoms in total. The lowest BCUT2D eigenvalue weighted by molar-refractivity contribution is -0.118. The number of fused-ring (bicyclic) bond motifs is 2. The Morgan fingerprint density at radius 2 is 1.95 bits per heavy atom. The van der Waals surface area contributed by atoms with Crippen molar-refractivity contribution in [2.24, 2.45) is 0 Å². The molecule has 7 rings (SSSR count). The summed E-state index contributed by atoms with van der Waals surface area (Å²) in [5, 5.41) is 4.56. The highest BCUT2D eigenvalue weighted by atomic mass is 19.1. The minimum Gasteiger partial charge on any atom is -0.494 e. The maximum absolute atomic E-state index is 15.4. The van der Waals surface area contributed by atoms with Crippen LogP contribution in [0.4, 0.5) is 4.39 Å². The fraction of sp³-hybridized carbons (Fsp3) is 0.207. The lowest BCUT2D eigenvalue weighted by Crippen LogP contribution is -2.38. The summed E-state index contributed by atoms with van der Waals surface area (Å²) in [7, 11) is 1.41. The summed E-state index contributed by atoms with van der Waals surface area (Å²) >= 11 is 0. The number of imidazole rings is 2. The van der Waals surface area contributed by atoms with Crippen molar-refractivity contribution in [2.45, 2.75) is 31.8 Å². The van der Waals surface area contributed by atoms with Gasteiger partial charge in [0.1, 0.15) is 17.0 Å². The van der Waals surface area contributed by atoms with Crippen molar-refractivity contribution in [3.05, 3.63) is 102 Å². The number of carbonyl (C=O) groups excluding carboxylic acids is 1. The summed E-state index contributed by atoms with van der Waals surface area (Å²) in [4.78, 5) is 22.3. The van der Waals surface area contributed by atoms with Crippen LogP contribution in [-0.4, -0.2) is 36.8 Å². The van der Waals surface area contributed by atoms with Gasteiger partial charge in [0.15, 0.2) is 11.6 Å². The Morgan fingerprint density at radius 3 is 2.77 bits per heavy atom. The number of rotatable bonds is 8. The minimum atomic E-state index is -0.540. The Balaban J connectivity index is 1.06. The second-order valence-corrected chi connectivity index (χ2v) is 10.0. The van der Waals surface area contributed by atoms with Crippen LogP contribution in [-0.2, 0) is 17.9 Å². The number of methoxy groups -OCH3 is 1. The molecular formula is C29H27FN8O2. The van der Waals surface area contributed by atoms with Crippen LogP contribution in [0.1, 0.15) is 35.6 Å². The number of carbonyl (C=O) groups is 1. The van der Waals surface area contributed by atoms with Crippen molar-refractivity contribution < 1.29 is 13.9 Å². The maximum Gasteiger partial charge on any atom is 0.270 e. The molecule has 0 radical (unpaired) electrons. The van der Waals surface area contributed by atoms with Gasteiger partial charge in [-0.15, -0.1) is 5.53 Å². The highest BCUT2D eigenvalue weighted by Gasteiger charge is 2.24. The van der Waals surface area contributed by atoms with Crippen LogP contribution in [0.15, 0.2) is 79.1 Å². The van der Waals surface area contributed by atoms with E-state index in [2.05, 4.69) is 38.5 Å². The fourth-order valence-corrected chi connectivity index (χ4v) is 5.02. The van der Waals surface area contributed by atoms with E-state index in [4.69, 9.17) is 4.74 Å². The Hall–Kier alpha value is -4.90. The first-order chi connectivity index (χ1) is 19.6. The number of pyridine rings is 2. The molecule has 1 fully saturated rings. The first-order valence-corrected chi connectivity index (χ1v) is 13.1. The second kappa shape index (κ2) is 9.69. The highest BCUT2D eigenvalue weighted by Crippen LogP contribution is 2.40. The molecule has 4 aromatic heterocycles. The monoisotopic (exact) mass is 538 g/mol. The van der Waals surface area contributed by atoms with Gasteiger partial charge in [-0.2, -0.15) is 0 Å². The SMILES string of the molecule is COc1ccc(-c2cn3ccccc3n2)c(CNC(=O)C2=CN(Cc3cn4cc(C5CC5)ccc4n3)NN2)c1F. The van der Waals surface area contributed by atoms with Crippen LogP contribution < -0.4 is 21.0 Å². The molecule has 1 aromatic carbocycles. The Morgan fingerprint density at radius 1 is 1.07 bits per heavy atom. The lowest BCUT2D eigenvalue weighted by atomic mass is 10.0. The molecule has 1 aliphatic carbocycles. The van der Waals surface area contributed by atoms with E-state index < -0.39 is 5.82 Å². The minimum absolute atomic E-state index is 0.0557. The van der Waals surface area contributed by atoms with Gasteiger partial charge in [0.2, 0.25) is 0 Å². The number of hydrogen-bond donors (Lipinski definition) is 3. The van der Waals surface area contributed by atoms with E-state index in [9.17, 15) is 4.79 Å². The van der Waals surface area contributed by atoms with Crippen LogP contribution >= 0.6 is 0 Å². The molecule has 0 saturated heterocycles. The van der Waals surface area contributed by atoms with Crippen molar-refractivity contribution >= 4 is 17.2 Å². The van der Waals surface area contributed by atoms with Gasteiger partial charge in [-0.25, -0.2) is 14.4 Å². The molecule has 11 heteroatoms. The third-order valence-electron chi connectivity index (χ3n) is 7.26. The smallest absolute Gasteiger partial charge is 0.270 e. The van der Waals surface area contributed by atoms with Crippen molar-refractivity contribution in [1.82, 2.24) is 40.1 Å². The first kappa shape index (κ1) is 24.2. The largest absolute Gasteiger partial charge is 0.494 e. The summed E-state index contributed by atoms with van der Waals surface area (Å²) < 4.78 is 24.5. The van der Waals surface area contributed by atoms with Gasteiger partial charge in [0.25, 0.3) is 5.91 Å². The number of hydrogen-bond acceptors (Lipinski definition) is 7. The van der Waals surface area contributed by atoms with Gasteiger partial charge < -0.3 is 18.9 Å². The van der Waals surface area contributed by atoms with Crippen LogP contribution in [0.5, 0.6) is 5.75 Å². The molecule has 0 atom stereocenters. The number of aromatic nitrogens is 4. The average molecular weight is 539 g/mol. The van der Waals surface area contributed by atoms with Crippen LogP contribution in [0.2, 0.25) is 0 Å². The van der Waals surface area contributed by atoms with Crippen LogP contribution in [0.25, 0.3) is 22.6 Å². The maximum atomic E-state index is 15.4. The molecule has 0 unspecified atom stereocenters. The molecule has 5 heterocycles. The number of amides is 1. The van der Waals surface area contributed by atoms with E-state index in [1.165, 1.54) is 25.5 Å². The van der Waals surface area contributed by atoms with Crippen molar-refractivity contribution in [2.75, 3.05) is 7.11 Å². The summed E-state index contributed by atoms with van der Waals surface area (Å²) in [6, 6.07) is 13.2.